The lowest BCUT2D eigenvalue weighted by Crippen LogP contribution is -2.45. The van der Waals surface area contributed by atoms with Crippen molar-refractivity contribution in [3.63, 3.8) is 0 Å². The Hall–Kier alpha value is -0.740. The Morgan fingerprint density at radius 1 is 0.650 bits per heavy atom. The molecular weight excluding hydrogens is 256 g/mol. The Morgan fingerprint density at radius 3 is 1.25 bits per heavy atom. The van der Waals surface area contributed by atoms with Gasteiger partial charge < -0.3 is 10.2 Å². The van der Waals surface area contributed by atoms with Gasteiger partial charge in [-0.3, -0.25) is 9.59 Å². The molecule has 0 aromatic rings. The molecule has 2 N–H and O–H groups in total. The van der Waals surface area contributed by atoms with Gasteiger partial charge >= 0.3 is 0 Å². The number of rotatable bonds is 5. The fourth-order valence-electron chi connectivity index (χ4n) is 3.57. The van der Waals surface area contributed by atoms with E-state index in [4.69, 9.17) is 0 Å². The van der Waals surface area contributed by atoms with E-state index in [-0.39, 0.29) is 23.4 Å². The van der Waals surface area contributed by atoms with Crippen LogP contribution in [0.4, 0.5) is 0 Å². The number of carbonyl (C=O) groups is 2. The first-order valence-corrected chi connectivity index (χ1v) is 8.05. The Kier molecular flexibility index (Phi) is 5.73. The molecule has 2 fully saturated rings. The Bertz CT molecular complexity index is 306. The zero-order valence-corrected chi connectivity index (χ0v) is 12.1. The first kappa shape index (κ1) is 15.6. The van der Waals surface area contributed by atoms with Crippen molar-refractivity contribution in [3.8, 4) is 0 Å². The minimum Gasteiger partial charge on any atom is -0.382 e. The SMILES string of the molecule is O=C(C1CCCCC1)C(O)C(O)C(=O)C1CCCCC1. The van der Waals surface area contributed by atoms with Crippen molar-refractivity contribution < 1.29 is 19.8 Å². The van der Waals surface area contributed by atoms with Crippen molar-refractivity contribution in [2.24, 2.45) is 11.8 Å². The van der Waals surface area contributed by atoms with E-state index >= 15 is 0 Å². The fraction of sp³-hybridized carbons (Fsp3) is 0.875. The molecule has 0 radical (unpaired) electrons. The lowest BCUT2D eigenvalue weighted by atomic mass is 9.80. The van der Waals surface area contributed by atoms with Crippen LogP contribution in [0.15, 0.2) is 0 Å². The third-order valence-electron chi connectivity index (χ3n) is 4.90. The lowest BCUT2D eigenvalue weighted by Gasteiger charge is -2.27. The first-order chi connectivity index (χ1) is 9.61. The van der Waals surface area contributed by atoms with Crippen LogP contribution >= 0.6 is 0 Å². The lowest BCUT2D eigenvalue weighted by molar-refractivity contribution is -0.149. The van der Waals surface area contributed by atoms with Gasteiger partial charge in [0.1, 0.15) is 12.2 Å². The van der Waals surface area contributed by atoms with Gasteiger partial charge in [0.15, 0.2) is 11.6 Å². The minimum atomic E-state index is -1.52. The second kappa shape index (κ2) is 7.32. The molecule has 2 aliphatic carbocycles. The van der Waals surface area contributed by atoms with Crippen molar-refractivity contribution in [2.75, 3.05) is 0 Å². The van der Waals surface area contributed by atoms with E-state index in [2.05, 4.69) is 0 Å². The normalized spacial score (nSPS) is 25.1. The van der Waals surface area contributed by atoms with Crippen LogP contribution in [-0.2, 0) is 9.59 Å². The molecule has 4 heteroatoms. The molecular formula is C16H26O4. The summed E-state index contributed by atoms with van der Waals surface area (Å²) in [5.41, 5.74) is 0. The van der Waals surface area contributed by atoms with Gasteiger partial charge in [0.05, 0.1) is 0 Å². The summed E-state index contributed by atoms with van der Waals surface area (Å²) in [6.07, 6.45) is 6.31. The van der Waals surface area contributed by atoms with E-state index in [9.17, 15) is 19.8 Å². The molecule has 2 atom stereocenters. The van der Waals surface area contributed by atoms with Gasteiger partial charge in [0.25, 0.3) is 0 Å². The maximum Gasteiger partial charge on any atom is 0.167 e. The predicted octanol–water partition coefficient (Wildman–Crippen LogP) is 2.01. The summed E-state index contributed by atoms with van der Waals surface area (Å²) in [7, 11) is 0. The van der Waals surface area contributed by atoms with Crippen molar-refractivity contribution >= 4 is 11.6 Å². The molecule has 2 rings (SSSR count). The van der Waals surface area contributed by atoms with Gasteiger partial charge in [-0.2, -0.15) is 0 Å². The van der Waals surface area contributed by atoms with Gasteiger partial charge in [0, 0.05) is 11.8 Å². The number of aliphatic hydroxyl groups excluding tert-OH is 2. The highest BCUT2D eigenvalue weighted by atomic mass is 16.3. The molecule has 0 heterocycles. The number of ketones is 2. The molecule has 0 amide bonds. The molecule has 0 saturated heterocycles. The summed E-state index contributed by atoms with van der Waals surface area (Å²) < 4.78 is 0. The number of hydrogen-bond acceptors (Lipinski definition) is 4. The predicted molar refractivity (Wildman–Crippen MR) is 75.2 cm³/mol. The van der Waals surface area contributed by atoms with Crippen LogP contribution in [0.5, 0.6) is 0 Å². The molecule has 0 aliphatic heterocycles. The van der Waals surface area contributed by atoms with E-state index < -0.39 is 12.2 Å². The summed E-state index contributed by atoms with van der Waals surface area (Å²) in [6.45, 7) is 0. The molecule has 2 saturated carbocycles. The van der Waals surface area contributed by atoms with Gasteiger partial charge in [-0.1, -0.05) is 38.5 Å². The maximum atomic E-state index is 12.2. The fourth-order valence-corrected chi connectivity index (χ4v) is 3.57. The molecule has 0 aromatic carbocycles. The Balaban J connectivity index is 1.90. The minimum absolute atomic E-state index is 0.174. The zero-order chi connectivity index (χ0) is 14.5. The third kappa shape index (κ3) is 3.67. The largest absolute Gasteiger partial charge is 0.382 e. The van der Waals surface area contributed by atoms with Crippen LogP contribution in [0, 0.1) is 11.8 Å². The van der Waals surface area contributed by atoms with Crippen LogP contribution in [0.1, 0.15) is 64.2 Å². The van der Waals surface area contributed by atoms with Crippen molar-refractivity contribution in [3.05, 3.63) is 0 Å². The van der Waals surface area contributed by atoms with Gasteiger partial charge in [-0.05, 0) is 25.7 Å². The third-order valence-corrected chi connectivity index (χ3v) is 4.90. The molecule has 2 unspecified atom stereocenters. The summed E-state index contributed by atoms with van der Waals surface area (Å²) in [4.78, 5) is 24.3. The maximum absolute atomic E-state index is 12.2. The smallest absolute Gasteiger partial charge is 0.167 e. The molecule has 20 heavy (non-hydrogen) atoms. The molecule has 4 nitrogen and oxygen atoms in total. The average Bonchev–Trinajstić information content (AvgIpc) is 2.53. The number of aliphatic hydroxyl groups is 2. The highest BCUT2D eigenvalue weighted by molar-refractivity contribution is 5.94. The first-order valence-electron chi connectivity index (χ1n) is 8.05. The van der Waals surface area contributed by atoms with E-state index in [0.717, 1.165) is 64.2 Å². The quantitative estimate of drug-likeness (QED) is 0.809. The average molecular weight is 282 g/mol. The van der Waals surface area contributed by atoms with E-state index in [1.54, 1.807) is 0 Å². The van der Waals surface area contributed by atoms with Crippen LogP contribution in [0.25, 0.3) is 0 Å². The van der Waals surface area contributed by atoms with Crippen molar-refractivity contribution in [2.45, 2.75) is 76.4 Å². The molecule has 0 spiro atoms. The van der Waals surface area contributed by atoms with Crippen molar-refractivity contribution in [1.82, 2.24) is 0 Å². The topological polar surface area (TPSA) is 74.6 Å². The van der Waals surface area contributed by atoms with E-state index in [1.807, 2.05) is 0 Å². The Labute approximate surface area is 120 Å². The Morgan fingerprint density at radius 2 is 0.950 bits per heavy atom. The molecule has 0 bridgehead atoms. The summed E-state index contributed by atoms with van der Waals surface area (Å²) in [5, 5.41) is 20.0. The summed E-state index contributed by atoms with van der Waals surface area (Å²) >= 11 is 0. The number of hydrogen-bond donors (Lipinski definition) is 2. The van der Waals surface area contributed by atoms with Gasteiger partial charge in [0.2, 0.25) is 0 Å². The number of Topliss-reactive ketones (excluding diaryl/α,β-unsaturated/α-hetero) is 2. The molecule has 2 aliphatic rings. The van der Waals surface area contributed by atoms with E-state index in [0.29, 0.717) is 0 Å². The number of carbonyl (C=O) groups excluding carboxylic acids is 2. The van der Waals surface area contributed by atoms with E-state index in [1.165, 1.54) is 0 Å². The zero-order valence-electron chi connectivity index (χ0n) is 12.1. The second-order valence-electron chi connectivity index (χ2n) is 6.36. The molecule has 114 valence electrons. The summed E-state index contributed by atoms with van der Waals surface area (Å²) in [6, 6.07) is 0. The van der Waals surface area contributed by atoms with Gasteiger partial charge in [-0.25, -0.2) is 0 Å². The standard InChI is InChI=1S/C16H26O4/c17-13(11-7-3-1-4-8-11)15(19)16(20)14(18)12-9-5-2-6-10-12/h11-12,15-16,19-20H,1-10H2. The van der Waals surface area contributed by atoms with Gasteiger partial charge in [-0.15, -0.1) is 0 Å². The second-order valence-corrected chi connectivity index (χ2v) is 6.36. The molecule has 0 aromatic heterocycles. The van der Waals surface area contributed by atoms with Crippen LogP contribution in [-0.4, -0.2) is 34.0 Å². The summed E-state index contributed by atoms with van der Waals surface area (Å²) in [5.74, 6) is -1.01. The van der Waals surface area contributed by atoms with Crippen LogP contribution < -0.4 is 0 Å². The monoisotopic (exact) mass is 282 g/mol. The van der Waals surface area contributed by atoms with Crippen LogP contribution in [0.3, 0.4) is 0 Å². The highest BCUT2D eigenvalue weighted by Crippen LogP contribution is 2.28. The van der Waals surface area contributed by atoms with Crippen molar-refractivity contribution in [1.29, 1.82) is 0 Å². The highest BCUT2D eigenvalue weighted by Gasteiger charge is 2.37. The van der Waals surface area contributed by atoms with Crippen LogP contribution in [0.2, 0.25) is 0 Å².